The fourth-order valence-corrected chi connectivity index (χ4v) is 3.73. The molecule has 3 heterocycles. The van der Waals surface area contributed by atoms with Crippen LogP contribution in [0, 0.1) is 0 Å². The van der Waals surface area contributed by atoms with Crippen molar-refractivity contribution in [1.29, 1.82) is 0 Å². The molecule has 3 aromatic heterocycles. The average Bonchev–Trinajstić information content (AvgIpc) is 3.40. The summed E-state index contributed by atoms with van der Waals surface area (Å²) in [7, 11) is 0. The molecule has 0 saturated heterocycles. The molecule has 0 aliphatic rings. The maximum absolute atomic E-state index is 12.6. The summed E-state index contributed by atoms with van der Waals surface area (Å²) in [6, 6.07) is 11.4. The Balaban J connectivity index is 1.52. The van der Waals surface area contributed by atoms with Crippen molar-refractivity contribution in [1.82, 2.24) is 14.5 Å². The number of thiophene rings is 1. The van der Waals surface area contributed by atoms with E-state index < -0.39 is 0 Å². The Bertz CT molecular complexity index is 971. The number of benzene rings is 1. The third-order valence-electron chi connectivity index (χ3n) is 4.26. The van der Waals surface area contributed by atoms with E-state index in [2.05, 4.69) is 26.7 Å². The molecule has 0 fully saturated rings. The van der Waals surface area contributed by atoms with E-state index in [0.717, 1.165) is 16.6 Å². The van der Waals surface area contributed by atoms with Gasteiger partial charge in [-0.15, -0.1) is 0 Å². The smallest absolute Gasteiger partial charge is 0.226 e. The number of carbonyl (C=O) groups excluding carboxylic acids is 1. The summed E-state index contributed by atoms with van der Waals surface area (Å²) in [6.07, 6.45) is 4.29. The molecule has 0 bridgehead atoms. The Kier molecular flexibility index (Phi) is 4.55. The van der Waals surface area contributed by atoms with Gasteiger partial charge in [-0.05, 0) is 52.7 Å². The first-order valence-electron chi connectivity index (χ1n) is 8.27. The molecule has 132 valence electrons. The zero-order valence-electron chi connectivity index (χ0n) is 13.9. The number of aliphatic hydroxyl groups is 1. The molecule has 0 saturated carbocycles. The second-order valence-corrected chi connectivity index (χ2v) is 6.81. The molecular weight excluding hydrogens is 348 g/mol. The highest BCUT2D eigenvalue weighted by Gasteiger charge is 2.18. The van der Waals surface area contributed by atoms with Crippen molar-refractivity contribution in [2.45, 2.75) is 19.1 Å². The minimum atomic E-state index is -0.143. The van der Waals surface area contributed by atoms with E-state index >= 15 is 0 Å². The summed E-state index contributed by atoms with van der Waals surface area (Å²) in [5.41, 5.74) is 3.37. The number of aromatic amines is 1. The molecule has 7 heteroatoms. The quantitative estimate of drug-likeness (QED) is 0.488. The Hall–Kier alpha value is -2.90. The topological polar surface area (TPSA) is 82.9 Å². The summed E-state index contributed by atoms with van der Waals surface area (Å²) in [6.45, 7) is -0.143. The number of aliphatic hydroxyl groups excluding tert-OH is 1. The molecule has 0 unspecified atom stereocenters. The zero-order chi connectivity index (χ0) is 17.9. The van der Waals surface area contributed by atoms with E-state index in [1.165, 1.54) is 0 Å². The molecule has 6 nitrogen and oxygen atoms in total. The number of rotatable bonds is 6. The van der Waals surface area contributed by atoms with Gasteiger partial charge in [0.05, 0.1) is 23.5 Å². The first-order chi connectivity index (χ1) is 12.7. The molecule has 26 heavy (non-hydrogen) atoms. The number of H-pyrrole nitrogens is 1. The van der Waals surface area contributed by atoms with Crippen LogP contribution in [0.2, 0.25) is 0 Å². The molecule has 0 aliphatic carbocycles. The highest BCUT2D eigenvalue weighted by molar-refractivity contribution is 7.08. The fraction of sp³-hybridized carbons (Fsp3) is 0.158. The van der Waals surface area contributed by atoms with Crippen LogP contribution >= 0.6 is 11.3 Å². The number of fused-ring (bicyclic) bond motifs is 1. The van der Waals surface area contributed by atoms with Gasteiger partial charge < -0.3 is 20.0 Å². The van der Waals surface area contributed by atoms with Crippen LogP contribution in [0.1, 0.15) is 23.9 Å². The van der Waals surface area contributed by atoms with E-state index in [9.17, 15) is 4.79 Å². The van der Waals surface area contributed by atoms with Gasteiger partial charge in [-0.25, -0.2) is 4.98 Å². The van der Waals surface area contributed by atoms with Crippen LogP contribution < -0.4 is 5.32 Å². The summed E-state index contributed by atoms with van der Waals surface area (Å²) >= 11 is 1.63. The second-order valence-electron chi connectivity index (χ2n) is 6.03. The number of amides is 1. The van der Waals surface area contributed by atoms with Crippen LogP contribution in [-0.2, 0) is 11.4 Å². The van der Waals surface area contributed by atoms with Gasteiger partial charge in [0, 0.05) is 18.1 Å². The van der Waals surface area contributed by atoms with Gasteiger partial charge in [0.15, 0.2) is 0 Å². The van der Waals surface area contributed by atoms with Crippen LogP contribution in [0.4, 0.5) is 5.69 Å². The first kappa shape index (κ1) is 16.6. The lowest BCUT2D eigenvalue weighted by molar-refractivity contribution is -0.116. The third-order valence-corrected chi connectivity index (χ3v) is 4.96. The number of imidazole rings is 1. The maximum atomic E-state index is 12.6. The van der Waals surface area contributed by atoms with Gasteiger partial charge >= 0.3 is 0 Å². The van der Waals surface area contributed by atoms with Gasteiger partial charge in [0.25, 0.3) is 0 Å². The minimum absolute atomic E-state index is 0.0341. The van der Waals surface area contributed by atoms with E-state index in [1.54, 1.807) is 11.3 Å². The molecule has 0 aliphatic heterocycles. The Morgan fingerprint density at radius 3 is 2.88 bits per heavy atom. The lowest BCUT2D eigenvalue weighted by Crippen LogP contribution is -2.19. The third kappa shape index (κ3) is 3.40. The fourth-order valence-electron chi connectivity index (χ4n) is 3.02. The summed E-state index contributed by atoms with van der Waals surface area (Å²) < 4.78 is 2.05. The maximum Gasteiger partial charge on any atom is 0.226 e. The zero-order valence-corrected chi connectivity index (χ0v) is 14.7. The van der Waals surface area contributed by atoms with Crippen LogP contribution in [0.15, 0.2) is 59.6 Å². The number of anilines is 1. The average molecular weight is 366 g/mol. The number of nitrogens with one attached hydrogen (secondary N) is 2. The lowest BCUT2D eigenvalue weighted by Gasteiger charge is -2.18. The van der Waals surface area contributed by atoms with Gasteiger partial charge in [-0.1, -0.05) is 0 Å². The number of hydrogen-bond acceptors (Lipinski definition) is 4. The molecule has 4 aromatic rings. The second kappa shape index (κ2) is 7.15. The molecular formula is C19H18N4O2S. The Labute approximate surface area is 154 Å². The van der Waals surface area contributed by atoms with Crippen molar-refractivity contribution in [3.05, 3.63) is 70.9 Å². The van der Waals surface area contributed by atoms with Gasteiger partial charge in [-0.3, -0.25) is 4.79 Å². The van der Waals surface area contributed by atoms with Crippen LogP contribution in [-0.4, -0.2) is 25.5 Å². The summed E-state index contributed by atoms with van der Waals surface area (Å²) in [5.74, 6) is 0.449. The number of nitrogens with zero attached hydrogens (tertiary/aromatic N) is 2. The van der Waals surface area contributed by atoms with Gasteiger partial charge in [0.1, 0.15) is 12.4 Å². The Morgan fingerprint density at radius 1 is 1.31 bits per heavy atom. The largest absolute Gasteiger partial charge is 0.388 e. The molecule has 0 spiro atoms. The van der Waals surface area contributed by atoms with Crippen LogP contribution in [0.25, 0.3) is 11.0 Å². The van der Waals surface area contributed by atoms with Crippen molar-refractivity contribution in [3.63, 3.8) is 0 Å². The highest BCUT2D eigenvalue weighted by Crippen LogP contribution is 2.25. The van der Waals surface area contributed by atoms with E-state index in [1.807, 2.05) is 52.7 Å². The normalized spacial score (nSPS) is 12.3. The first-order valence-corrected chi connectivity index (χ1v) is 9.21. The van der Waals surface area contributed by atoms with Gasteiger partial charge in [0.2, 0.25) is 5.91 Å². The molecule has 1 amide bonds. The van der Waals surface area contributed by atoms with Crippen molar-refractivity contribution in [2.24, 2.45) is 0 Å². The number of hydrogen-bond donors (Lipinski definition) is 3. The number of carbonyl (C=O) groups is 1. The SMILES string of the molecule is O=C(C[C@@H](c1ccsc1)n1cccc1)Nc1ccc2nc(CO)[nH]c2c1. The Morgan fingerprint density at radius 2 is 2.15 bits per heavy atom. The van der Waals surface area contributed by atoms with Crippen molar-refractivity contribution in [3.8, 4) is 0 Å². The molecule has 1 aromatic carbocycles. The van der Waals surface area contributed by atoms with E-state index in [-0.39, 0.29) is 18.6 Å². The monoisotopic (exact) mass is 366 g/mol. The summed E-state index contributed by atoms with van der Waals surface area (Å²) in [4.78, 5) is 19.9. The number of aromatic nitrogens is 3. The molecule has 3 N–H and O–H groups in total. The van der Waals surface area contributed by atoms with Crippen molar-refractivity contribution < 1.29 is 9.90 Å². The molecule has 1 atom stereocenters. The predicted octanol–water partition coefficient (Wildman–Crippen LogP) is 3.54. The van der Waals surface area contributed by atoms with Gasteiger partial charge in [-0.2, -0.15) is 11.3 Å². The van der Waals surface area contributed by atoms with Crippen LogP contribution in [0.5, 0.6) is 0 Å². The predicted molar refractivity (Wildman–Crippen MR) is 102 cm³/mol. The highest BCUT2D eigenvalue weighted by atomic mass is 32.1. The molecule has 0 radical (unpaired) electrons. The van der Waals surface area contributed by atoms with Crippen LogP contribution in [0.3, 0.4) is 0 Å². The van der Waals surface area contributed by atoms with Crippen molar-refractivity contribution in [2.75, 3.05) is 5.32 Å². The molecule has 4 rings (SSSR count). The lowest BCUT2D eigenvalue weighted by atomic mass is 10.1. The van der Waals surface area contributed by atoms with E-state index in [4.69, 9.17) is 5.11 Å². The summed E-state index contributed by atoms with van der Waals surface area (Å²) in [5, 5.41) is 16.2. The van der Waals surface area contributed by atoms with Crippen molar-refractivity contribution >= 4 is 34.0 Å². The van der Waals surface area contributed by atoms with E-state index in [0.29, 0.717) is 17.9 Å². The standard InChI is InChI=1S/C19H18N4O2S/c24-11-18-21-15-4-3-14(9-16(15)22-18)20-19(25)10-17(13-5-8-26-12-13)23-6-1-2-7-23/h1-9,12,17,24H,10-11H2,(H,20,25)(H,21,22)/t17-/m0/s1. The minimum Gasteiger partial charge on any atom is -0.388 e.